The molecule has 0 radical (unpaired) electrons. The molecule has 2 N–H and O–H groups in total. The van der Waals surface area contributed by atoms with E-state index in [0.29, 0.717) is 31.1 Å². The molecule has 0 spiro atoms. The van der Waals surface area contributed by atoms with Crippen LogP contribution in [-0.4, -0.2) is 36.6 Å². The third-order valence-electron chi connectivity index (χ3n) is 8.33. The average Bonchev–Trinajstić information content (AvgIpc) is 3.11. The van der Waals surface area contributed by atoms with Gasteiger partial charge in [0, 0.05) is 30.6 Å². The summed E-state index contributed by atoms with van der Waals surface area (Å²) in [6.07, 6.45) is 6.17. The SMILES string of the molecule is CN1[C@@H]2CC[C@H]1C[C@@H](CC(CNC(=O)NCc1ccccc1)(c1ccccc1)c1ccccc1)C2. The van der Waals surface area contributed by atoms with Gasteiger partial charge in [0.25, 0.3) is 0 Å². The number of urea groups is 1. The van der Waals surface area contributed by atoms with Crippen LogP contribution in [0.3, 0.4) is 0 Å². The molecule has 2 saturated heterocycles. The predicted molar refractivity (Wildman–Crippen MR) is 142 cm³/mol. The van der Waals surface area contributed by atoms with Crippen molar-refractivity contribution in [2.45, 2.75) is 56.1 Å². The fourth-order valence-corrected chi connectivity index (χ4v) is 6.45. The average molecular weight is 468 g/mol. The highest BCUT2D eigenvalue weighted by atomic mass is 16.2. The van der Waals surface area contributed by atoms with Crippen molar-refractivity contribution in [1.82, 2.24) is 15.5 Å². The van der Waals surface area contributed by atoms with Gasteiger partial charge in [-0.15, -0.1) is 0 Å². The molecule has 4 heteroatoms. The fraction of sp³-hybridized carbons (Fsp3) is 0.387. The Balaban J connectivity index is 1.40. The molecule has 2 bridgehead atoms. The zero-order valence-electron chi connectivity index (χ0n) is 20.7. The van der Waals surface area contributed by atoms with Gasteiger partial charge < -0.3 is 15.5 Å². The molecular weight excluding hydrogens is 430 g/mol. The number of piperidine rings is 1. The number of hydrogen-bond donors (Lipinski definition) is 2. The van der Waals surface area contributed by atoms with E-state index in [1.807, 2.05) is 30.3 Å². The Morgan fingerprint density at radius 2 is 1.31 bits per heavy atom. The minimum atomic E-state index is -0.271. The molecule has 3 aromatic rings. The lowest BCUT2D eigenvalue weighted by Crippen LogP contribution is -2.48. The summed E-state index contributed by atoms with van der Waals surface area (Å²) >= 11 is 0. The Bertz CT molecular complexity index is 1030. The highest BCUT2D eigenvalue weighted by Crippen LogP contribution is 2.45. The van der Waals surface area contributed by atoms with Gasteiger partial charge in [-0.2, -0.15) is 0 Å². The summed E-state index contributed by atoms with van der Waals surface area (Å²) in [4.78, 5) is 15.6. The molecule has 2 fully saturated rings. The molecule has 0 saturated carbocycles. The molecule has 4 nitrogen and oxygen atoms in total. The maximum Gasteiger partial charge on any atom is 0.315 e. The summed E-state index contributed by atoms with van der Waals surface area (Å²) in [5, 5.41) is 6.32. The lowest BCUT2D eigenvalue weighted by molar-refractivity contribution is 0.118. The molecule has 2 amide bonds. The molecule has 2 aliphatic heterocycles. The van der Waals surface area contributed by atoms with E-state index in [-0.39, 0.29) is 11.4 Å². The quantitative estimate of drug-likeness (QED) is 0.444. The molecule has 5 rings (SSSR count). The lowest BCUT2D eigenvalue weighted by Gasteiger charge is -2.43. The van der Waals surface area contributed by atoms with E-state index in [0.717, 1.165) is 12.0 Å². The first-order valence-electron chi connectivity index (χ1n) is 13.0. The Hall–Kier alpha value is -3.11. The fourth-order valence-electron chi connectivity index (χ4n) is 6.45. The van der Waals surface area contributed by atoms with Gasteiger partial charge in [0.15, 0.2) is 0 Å². The van der Waals surface area contributed by atoms with Crippen LogP contribution in [0.15, 0.2) is 91.0 Å². The summed E-state index contributed by atoms with van der Waals surface area (Å²) in [5.74, 6) is 0.637. The molecule has 35 heavy (non-hydrogen) atoms. The number of hydrogen-bond acceptors (Lipinski definition) is 2. The van der Waals surface area contributed by atoms with Gasteiger partial charge in [0.05, 0.1) is 0 Å². The van der Waals surface area contributed by atoms with E-state index in [1.54, 1.807) is 0 Å². The first kappa shape index (κ1) is 23.6. The van der Waals surface area contributed by atoms with Gasteiger partial charge in [-0.25, -0.2) is 4.79 Å². The maximum atomic E-state index is 12.9. The third kappa shape index (κ3) is 5.28. The topological polar surface area (TPSA) is 44.4 Å². The van der Waals surface area contributed by atoms with Crippen molar-refractivity contribution in [2.24, 2.45) is 5.92 Å². The summed E-state index contributed by atoms with van der Waals surface area (Å²) in [6.45, 7) is 1.10. The second-order valence-corrected chi connectivity index (χ2v) is 10.4. The van der Waals surface area contributed by atoms with E-state index in [4.69, 9.17) is 0 Å². The summed E-state index contributed by atoms with van der Waals surface area (Å²) in [5.41, 5.74) is 3.38. The summed E-state index contributed by atoms with van der Waals surface area (Å²) in [6, 6.07) is 32.9. The van der Waals surface area contributed by atoms with Gasteiger partial charge in [-0.05, 0) is 61.8 Å². The Morgan fingerprint density at radius 3 is 1.86 bits per heavy atom. The highest BCUT2D eigenvalue weighted by Gasteiger charge is 2.43. The highest BCUT2D eigenvalue weighted by molar-refractivity contribution is 5.74. The van der Waals surface area contributed by atoms with Crippen LogP contribution < -0.4 is 10.6 Å². The Morgan fingerprint density at radius 1 is 0.800 bits per heavy atom. The van der Waals surface area contributed by atoms with Crippen molar-refractivity contribution in [3.05, 3.63) is 108 Å². The molecule has 2 aliphatic rings. The number of carbonyl (C=O) groups excluding carboxylic acids is 1. The van der Waals surface area contributed by atoms with E-state index >= 15 is 0 Å². The number of amides is 2. The molecular formula is C31H37N3O. The zero-order chi connectivity index (χ0) is 24.1. The summed E-state index contributed by atoms with van der Waals surface area (Å²) < 4.78 is 0. The third-order valence-corrected chi connectivity index (χ3v) is 8.33. The number of carbonyl (C=O) groups is 1. The van der Waals surface area contributed by atoms with Crippen molar-refractivity contribution in [1.29, 1.82) is 0 Å². The smallest absolute Gasteiger partial charge is 0.315 e. The van der Waals surface area contributed by atoms with E-state index < -0.39 is 0 Å². The second kappa shape index (κ2) is 10.7. The number of rotatable bonds is 8. The van der Waals surface area contributed by atoms with Crippen LogP contribution in [0, 0.1) is 5.92 Å². The molecule has 3 atom stereocenters. The zero-order valence-corrected chi connectivity index (χ0v) is 20.7. The standard InChI is InChI=1S/C31H37N3O/c1-34-28-17-18-29(34)20-25(19-28)21-31(26-13-7-3-8-14-26,27-15-9-4-10-16-27)23-33-30(35)32-22-24-11-5-2-6-12-24/h2-16,25,28-29H,17-23H2,1H3,(H2,32,33,35)/t25-,28+,29-. The second-order valence-electron chi connectivity index (χ2n) is 10.4. The molecule has 0 aromatic heterocycles. The van der Waals surface area contributed by atoms with Crippen LogP contribution in [0.4, 0.5) is 4.79 Å². The number of nitrogens with zero attached hydrogens (tertiary/aromatic N) is 1. The number of fused-ring (bicyclic) bond motifs is 2. The van der Waals surface area contributed by atoms with Crippen molar-refractivity contribution < 1.29 is 4.79 Å². The van der Waals surface area contributed by atoms with Gasteiger partial charge in [-0.1, -0.05) is 91.0 Å². The van der Waals surface area contributed by atoms with Crippen LogP contribution in [0.5, 0.6) is 0 Å². The number of nitrogens with one attached hydrogen (secondary N) is 2. The van der Waals surface area contributed by atoms with Crippen LogP contribution >= 0.6 is 0 Å². The molecule has 3 aromatic carbocycles. The van der Waals surface area contributed by atoms with E-state index in [2.05, 4.69) is 83.2 Å². The minimum Gasteiger partial charge on any atom is -0.337 e. The molecule has 182 valence electrons. The molecule has 0 unspecified atom stereocenters. The lowest BCUT2D eigenvalue weighted by atomic mass is 9.67. The maximum absolute atomic E-state index is 12.9. The minimum absolute atomic E-state index is 0.117. The van der Waals surface area contributed by atoms with Gasteiger partial charge in [-0.3, -0.25) is 0 Å². The van der Waals surface area contributed by atoms with Crippen molar-refractivity contribution in [2.75, 3.05) is 13.6 Å². The van der Waals surface area contributed by atoms with Crippen molar-refractivity contribution in [3.63, 3.8) is 0 Å². The van der Waals surface area contributed by atoms with Crippen LogP contribution in [0.25, 0.3) is 0 Å². The van der Waals surface area contributed by atoms with Gasteiger partial charge in [0.1, 0.15) is 0 Å². The van der Waals surface area contributed by atoms with E-state index in [9.17, 15) is 4.79 Å². The van der Waals surface area contributed by atoms with E-state index in [1.165, 1.54) is 36.8 Å². The molecule has 2 heterocycles. The van der Waals surface area contributed by atoms with Gasteiger partial charge >= 0.3 is 6.03 Å². The monoisotopic (exact) mass is 467 g/mol. The first-order chi connectivity index (χ1) is 17.1. The van der Waals surface area contributed by atoms with Crippen molar-refractivity contribution in [3.8, 4) is 0 Å². The predicted octanol–water partition coefficient (Wildman–Crippen LogP) is 5.74. The van der Waals surface area contributed by atoms with Crippen LogP contribution in [-0.2, 0) is 12.0 Å². The molecule has 0 aliphatic carbocycles. The van der Waals surface area contributed by atoms with Crippen molar-refractivity contribution >= 4 is 6.03 Å². The normalized spacial score (nSPS) is 22.0. The Labute approximate surface area is 209 Å². The van der Waals surface area contributed by atoms with Crippen LogP contribution in [0.1, 0.15) is 48.8 Å². The number of benzene rings is 3. The Kier molecular flexibility index (Phi) is 7.19. The van der Waals surface area contributed by atoms with Gasteiger partial charge in [0.2, 0.25) is 0 Å². The van der Waals surface area contributed by atoms with Crippen LogP contribution in [0.2, 0.25) is 0 Å². The first-order valence-corrected chi connectivity index (χ1v) is 13.0. The summed E-state index contributed by atoms with van der Waals surface area (Å²) in [7, 11) is 2.30. The largest absolute Gasteiger partial charge is 0.337 e.